The molecule has 0 aliphatic heterocycles. The van der Waals surface area contributed by atoms with Crippen LogP contribution in [-0.2, 0) is 0 Å². The highest BCUT2D eigenvalue weighted by atomic mass is 15.1. The minimum Gasteiger partial charge on any atom is -0.310 e. The number of hydrogen-bond acceptors (Lipinski definition) is 1. The van der Waals surface area contributed by atoms with Gasteiger partial charge in [0.15, 0.2) is 0 Å². The second kappa shape index (κ2) is 12.5. The minimum absolute atomic E-state index is 0.308. The predicted molar refractivity (Wildman–Crippen MR) is 213 cm³/mol. The summed E-state index contributed by atoms with van der Waals surface area (Å²) in [4.78, 5) is 2.36. The maximum atomic E-state index is 2.45. The monoisotopic (exact) mass is 641 g/mol. The molecule has 2 unspecified atom stereocenters. The van der Waals surface area contributed by atoms with Gasteiger partial charge >= 0.3 is 0 Å². The third-order valence-electron chi connectivity index (χ3n) is 10.7. The molecule has 0 spiro atoms. The first-order valence-corrected chi connectivity index (χ1v) is 17.9. The number of rotatable bonds is 7. The Bertz CT molecular complexity index is 2370. The molecular weight excluding hydrogens is 603 g/mol. The molecule has 6 aromatic carbocycles. The molecule has 0 fully saturated rings. The van der Waals surface area contributed by atoms with Crippen LogP contribution in [0.5, 0.6) is 0 Å². The fraction of sp³-hybridized carbons (Fsp3) is 0.102. The summed E-state index contributed by atoms with van der Waals surface area (Å²) in [7, 11) is 0. The zero-order chi connectivity index (χ0) is 33.6. The van der Waals surface area contributed by atoms with E-state index in [9.17, 15) is 0 Å². The third kappa shape index (κ3) is 4.92. The van der Waals surface area contributed by atoms with E-state index in [0.717, 1.165) is 23.5 Å². The van der Waals surface area contributed by atoms with E-state index in [2.05, 4.69) is 195 Å². The third-order valence-corrected chi connectivity index (χ3v) is 10.7. The van der Waals surface area contributed by atoms with Crippen molar-refractivity contribution in [3.8, 4) is 33.4 Å². The molecule has 1 heteroatoms. The second-order valence-corrected chi connectivity index (χ2v) is 13.5. The lowest BCUT2D eigenvalue weighted by Crippen LogP contribution is -2.12. The summed E-state index contributed by atoms with van der Waals surface area (Å²) in [5.41, 5.74) is 19.4. The molecule has 0 amide bonds. The van der Waals surface area contributed by atoms with Crippen LogP contribution >= 0.6 is 0 Å². The quantitative estimate of drug-likeness (QED) is 0.157. The van der Waals surface area contributed by atoms with Crippen molar-refractivity contribution >= 4 is 28.2 Å². The van der Waals surface area contributed by atoms with E-state index in [-0.39, 0.29) is 0 Å². The van der Waals surface area contributed by atoms with Gasteiger partial charge in [-0.25, -0.2) is 0 Å². The van der Waals surface area contributed by atoms with E-state index in [0.29, 0.717) is 11.8 Å². The molecule has 3 aliphatic rings. The summed E-state index contributed by atoms with van der Waals surface area (Å²) in [6.45, 7) is 4.28. The van der Waals surface area contributed by atoms with Gasteiger partial charge in [0, 0.05) is 28.9 Å². The molecule has 1 nitrogen and oxygen atoms in total. The smallest absolute Gasteiger partial charge is 0.0467 e. The van der Waals surface area contributed by atoms with Crippen LogP contribution in [0.2, 0.25) is 0 Å². The van der Waals surface area contributed by atoms with E-state index in [1.807, 2.05) is 0 Å². The van der Waals surface area contributed by atoms with Crippen LogP contribution in [0.3, 0.4) is 0 Å². The Hall–Kier alpha value is -5.92. The largest absolute Gasteiger partial charge is 0.310 e. The van der Waals surface area contributed by atoms with Gasteiger partial charge in [-0.1, -0.05) is 140 Å². The molecule has 0 saturated carbocycles. The maximum absolute atomic E-state index is 2.45. The molecule has 3 aliphatic carbocycles. The van der Waals surface area contributed by atoms with E-state index >= 15 is 0 Å². The summed E-state index contributed by atoms with van der Waals surface area (Å²) < 4.78 is 0. The standard InChI is InChI=1S/C49H39N/c1-3-5-14-33(4-2)34-25-28-38(29-26-34)50(37-16-7-6-8-17-37)39-18-11-15-35(31-39)36-27-30-41-44-22-13-23-45-46-24-12-21-43(49(46)47(41)32-36)40-19-9-10-20-42(40)48(44)45/h4-32,45,48H,3H2,1-2H3/b14-5-,33-4+. The SMILES string of the molecule is C/C=C(\C=C/CC)c1ccc(N(c2ccccc2)c2cccc(-c3ccc4c(c3)-c3c5cccc3C3C=CC=C4C3c3ccccc3-5)c2)cc1. The Kier molecular flexibility index (Phi) is 7.55. The van der Waals surface area contributed by atoms with Crippen molar-refractivity contribution in [2.24, 2.45) is 0 Å². The van der Waals surface area contributed by atoms with Crippen LogP contribution in [0, 0.1) is 0 Å². The first kappa shape index (κ1) is 30.2. The number of allylic oxidation sites excluding steroid dienone is 8. The van der Waals surface area contributed by atoms with Gasteiger partial charge < -0.3 is 4.90 Å². The molecule has 0 radical (unpaired) electrons. The Morgan fingerprint density at radius 2 is 1.34 bits per heavy atom. The van der Waals surface area contributed by atoms with Crippen molar-refractivity contribution in [3.05, 3.63) is 198 Å². The van der Waals surface area contributed by atoms with Crippen molar-refractivity contribution in [2.45, 2.75) is 32.1 Å². The number of nitrogens with zero attached hydrogens (tertiary/aromatic N) is 1. The fourth-order valence-corrected chi connectivity index (χ4v) is 8.41. The van der Waals surface area contributed by atoms with Gasteiger partial charge in [0.1, 0.15) is 0 Å². The lowest BCUT2D eigenvalue weighted by Gasteiger charge is -2.30. The van der Waals surface area contributed by atoms with Crippen molar-refractivity contribution in [3.63, 3.8) is 0 Å². The maximum Gasteiger partial charge on any atom is 0.0467 e. The molecule has 240 valence electrons. The summed E-state index contributed by atoms with van der Waals surface area (Å²) in [5.74, 6) is 0.632. The Morgan fingerprint density at radius 3 is 2.18 bits per heavy atom. The van der Waals surface area contributed by atoms with Crippen LogP contribution in [-0.4, -0.2) is 0 Å². The van der Waals surface area contributed by atoms with Crippen LogP contribution in [0.1, 0.15) is 54.4 Å². The zero-order valence-electron chi connectivity index (χ0n) is 28.6. The summed E-state index contributed by atoms with van der Waals surface area (Å²) in [6.07, 6.45) is 14.7. The van der Waals surface area contributed by atoms with Gasteiger partial charge in [-0.15, -0.1) is 0 Å². The van der Waals surface area contributed by atoms with Gasteiger partial charge in [-0.3, -0.25) is 0 Å². The minimum atomic E-state index is 0.308. The van der Waals surface area contributed by atoms with Gasteiger partial charge in [0.05, 0.1) is 0 Å². The van der Waals surface area contributed by atoms with Crippen molar-refractivity contribution in [2.75, 3.05) is 4.90 Å². The number of para-hydroxylation sites is 1. The number of hydrogen-bond donors (Lipinski definition) is 0. The molecule has 6 aromatic rings. The topological polar surface area (TPSA) is 3.24 Å². The summed E-state index contributed by atoms with van der Waals surface area (Å²) >= 11 is 0. The predicted octanol–water partition coefficient (Wildman–Crippen LogP) is 13.7. The molecule has 0 heterocycles. The zero-order valence-corrected chi connectivity index (χ0v) is 28.6. The van der Waals surface area contributed by atoms with E-state index in [4.69, 9.17) is 0 Å². The molecule has 9 rings (SSSR count). The number of benzene rings is 6. The summed E-state index contributed by atoms with van der Waals surface area (Å²) in [6, 6.07) is 51.8. The highest BCUT2D eigenvalue weighted by Gasteiger charge is 2.39. The average molecular weight is 642 g/mol. The van der Waals surface area contributed by atoms with E-state index < -0.39 is 0 Å². The van der Waals surface area contributed by atoms with Gasteiger partial charge in [0.25, 0.3) is 0 Å². The first-order valence-electron chi connectivity index (χ1n) is 17.9. The van der Waals surface area contributed by atoms with E-state index in [1.165, 1.54) is 66.8 Å². The molecule has 2 atom stereocenters. The molecule has 0 saturated heterocycles. The average Bonchev–Trinajstić information content (AvgIpc) is 3.29. The van der Waals surface area contributed by atoms with Crippen LogP contribution in [0.25, 0.3) is 44.5 Å². The van der Waals surface area contributed by atoms with E-state index in [1.54, 1.807) is 0 Å². The highest BCUT2D eigenvalue weighted by molar-refractivity contribution is 6.01. The first-order chi connectivity index (χ1) is 24.7. The lowest BCUT2D eigenvalue weighted by molar-refractivity contribution is 0.758. The Labute approximate surface area is 295 Å². The van der Waals surface area contributed by atoms with Gasteiger partial charge in [-0.2, -0.15) is 0 Å². The molecule has 6 bridgehead atoms. The molecule has 0 N–H and O–H groups in total. The Morgan fingerprint density at radius 1 is 0.620 bits per heavy atom. The second-order valence-electron chi connectivity index (χ2n) is 13.5. The Balaban J connectivity index is 1.17. The van der Waals surface area contributed by atoms with Crippen molar-refractivity contribution in [1.29, 1.82) is 0 Å². The molecular formula is C49H39N. The van der Waals surface area contributed by atoms with Crippen molar-refractivity contribution in [1.82, 2.24) is 0 Å². The fourth-order valence-electron chi connectivity index (χ4n) is 8.41. The molecule has 0 aromatic heterocycles. The van der Waals surface area contributed by atoms with Crippen LogP contribution < -0.4 is 4.90 Å². The highest BCUT2D eigenvalue weighted by Crippen LogP contribution is 2.59. The normalized spacial score (nSPS) is 16.8. The molecule has 50 heavy (non-hydrogen) atoms. The number of fused-ring (bicyclic) bond motifs is 4. The lowest BCUT2D eigenvalue weighted by atomic mass is 9.73. The van der Waals surface area contributed by atoms with Crippen molar-refractivity contribution < 1.29 is 0 Å². The van der Waals surface area contributed by atoms with Gasteiger partial charge in [-0.05, 0) is 123 Å². The van der Waals surface area contributed by atoms with Crippen LogP contribution in [0.15, 0.2) is 176 Å². The van der Waals surface area contributed by atoms with Gasteiger partial charge in [0.2, 0.25) is 0 Å². The van der Waals surface area contributed by atoms with Crippen LogP contribution in [0.4, 0.5) is 17.1 Å². The number of anilines is 3. The summed E-state index contributed by atoms with van der Waals surface area (Å²) in [5, 5.41) is 0.